The molecule has 0 aromatic heterocycles. The van der Waals surface area contributed by atoms with Gasteiger partial charge in [0.15, 0.2) is 0 Å². The van der Waals surface area contributed by atoms with Gasteiger partial charge in [-0.2, -0.15) is 0 Å². The van der Waals surface area contributed by atoms with E-state index in [1.165, 1.54) is 11.1 Å². The lowest BCUT2D eigenvalue weighted by Crippen LogP contribution is -2.18. The topological polar surface area (TPSA) is 40.5 Å². The zero-order valence-electron chi connectivity index (χ0n) is 15.3. The van der Waals surface area contributed by atoms with E-state index in [4.69, 9.17) is 0 Å². The highest BCUT2D eigenvalue weighted by atomic mass is 16.3. The predicted molar refractivity (Wildman–Crippen MR) is 100 cm³/mol. The Bertz CT molecular complexity index is 601. The van der Waals surface area contributed by atoms with Crippen LogP contribution in [0.3, 0.4) is 0 Å². The fourth-order valence-electron chi connectivity index (χ4n) is 3.30. The standard InChI is InChI=1S/C22H30O2/c1-21(2,23)19-15-9-7-13-17(19)11-5-6-12-18-14-8-10-16-20(18)22(3,4)24/h7-10,13-16,23-24H,5-6,11-12H2,1-4H3. The molecule has 0 spiro atoms. The van der Waals surface area contributed by atoms with E-state index in [-0.39, 0.29) is 0 Å². The first-order chi connectivity index (χ1) is 11.2. The van der Waals surface area contributed by atoms with Crippen LogP contribution in [0.4, 0.5) is 0 Å². The molecular formula is C22H30O2. The fraction of sp³-hybridized carbons (Fsp3) is 0.455. The van der Waals surface area contributed by atoms with Crippen molar-refractivity contribution in [1.29, 1.82) is 0 Å². The Morgan fingerprint density at radius 3 is 1.29 bits per heavy atom. The number of hydrogen-bond donors (Lipinski definition) is 2. The van der Waals surface area contributed by atoms with E-state index in [0.29, 0.717) is 0 Å². The molecular weight excluding hydrogens is 296 g/mol. The molecule has 2 nitrogen and oxygen atoms in total. The van der Waals surface area contributed by atoms with Gasteiger partial charge in [-0.1, -0.05) is 48.5 Å². The number of aryl methyl sites for hydroxylation is 2. The minimum absolute atomic E-state index is 0.801. The van der Waals surface area contributed by atoms with E-state index in [9.17, 15) is 10.2 Å². The van der Waals surface area contributed by atoms with Crippen molar-refractivity contribution < 1.29 is 10.2 Å². The summed E-state index contributed by atoms with van der Waals surface area (Å²) in [5, 5.41) is 20.6. The number of aliphatic hydroxyl groups is 2. The van der Waals surface area contributed by atoms with Crippen molar-refractivity contribution in [2.45, 2.75) is 64.6 Å². The number of hydrogen-bond acceptors (Lipinski definition) is 2. The van der Waals surface area contributed by atoms with Crippen molar-refractivity contribution >= 4 is 0 Å². The SMILES string of the molecule is CC(C)(O)c1ccccc1CCCCc1ccccc1C(C)(C)O. The van der Waals surface area contributed by atoms with Crippen LogP contribution >= 0.6 is 0 Å². The fourth-order valence-corrected chi connectivity index (χ4v) is 3.30. The van der Waals surface area contributed by atoms with E-state index in [2.05, 4.69) is 12.1 Å². The molecule has 0 radical (unpaired) electrons. The molecule has 0 aliphatic rings. The van der Waals surface area contributed by atoms with Gasteiger partial charge in [0.1, 0.15) is 0 Å². The molecule has 2 aromatic carbocycles. The van der Waals surface area contributed by atoms with E-state index in [1.807, 2.05) is 64.1 Å². The van der Waals surface area contributed by atoms with Crippen molar-refractivity contribution in [2.24, 2.45) is 0 Å². The van der Waals surface area contributed by atoms with E-state index >= 15 is 0 Å². The van der Waals surface area contributed by atoms with Crippen LogP contribution in [-0.4, -0.2) is 10.2 Å². The second-order valence-corrected chi connectivity index (χ2v) is 7.64. The van der Waals surface area contributed by atoms with Gasteiger partial charge in [0.05, 0.1) is 11.2 Å². The molecule has 0 unspecified atom stereocenters. The van der Waals surface area contributed by atoms with Crippen LogP contribution in [0.25, 0.3) is 0 Å². The summed E-state index contributed by atoms with van der Waals surface area (Å²) in [5.41, 5.74) is 2.87. The molecule has 0 amide bonds. The Morgan fingerprint density at radius 1 is 0.625 bits per heavy atom. The van der Waals surface area contributed by atoms with Crippen LogP contribution in [0.1, 0.15) is 62.8 Å². The highest BCUT2D eigenvalue weighted by molar-refractivity contribution is 5.32. The van der Waals surface area contributed by atoms with Crippen molar-refractivity contribution in [3.63, 3.8) is 0 Å². The number of unbranched alkanes of at least 4 members (excludes halogenated alkanes) is 1. The third-order valence-electron chi connectivity index (χ3n) is 4.50. The quantitative estimate of drug-likeness (QED) is 0.724. The number of rotatable bonds is 7. The van der Waals surface area contributed by atoms with Crippen LogP contribution in [0, 0.1) is 0 Å². The Morgan fingerprint density at radius 2 is 0.958 bits per heavy atom. The van der Waals surface area contributed by atoms with Gasteiger partial charge in [0.2, 0.25) is 0 Å². The minimum Gasteiger partial charge on any atom is -0.386 e. The molecule has 2 heteroatoms. The summed E-state index contributed by atoms with van der Waals surface area (Å²) in [5.74, 6) is 0. The molecule has 0 aliphatic heterocycles. The summed E-state index contributed by atoms with van der Waals surface area (Å²) in [6.45, 7) is 7.35. The molecule has 0 fully saturated rings. The summed E-state index contributed by atoms with van der Waals surface area (Å²) < 4.78 is 0. The Hall–Kier alpha value is -1.64. The lowest BCUT2D eigenvalue weighted by molar-refractivity contribution is 0.0768. The van der Waals surface area contributed by atoms with Gasteiger partial charge in [-0.15, -0.1) is 0 Å². The van der Waals surface area contributed by atoms with Crippen molar-refractivity contribution in [2.75, 3.05) is 0 Å². The molecule has 24 heavy (non-hydrogen) atoms. The largest absolute Gasteiger partial charge is 0.386 e. The Kier molecular flexibility index (Phi) is 5.84. The summed E-state index contributed by atoms with van der Waals surface area (Å²) in [4.78, 5) is 0. The highest BCUT2D eigenvalue weighted by Crippen LogP contribution is 2.27. The predicted octanol–water partition coefficient (Wildman–Crippen LogP) is 4.71. The average Bonchev–Trinajstić information content (AvgIpc) is 2.50. The van der Waals surface area contributed by atoms with Crippen molar-refractivity contribution in [3.8, 4) is 0 Å². The molecule has 0 bridgehead atoms. The van der Waals surface area contributed by atoms with Crippen LogP contribution in [0.15, 0.2) is 48.5 Å². The van der Waals surface area contributed by atoms with Crippen LogP contribution in [0.2, 0.25) is 0 Å². The van der Waals surface area contributed by atoms with Gasteiger partial charge < -0.3 is 10.2 Å². The second-order valence-electron chi connectivity index (χ2n) is 7.64. The van der Waals surface area contributed by atoms with Gasteiger partial charge >= 0.3 is 0 Å². The monoisotopic (exact) mass is 326 g/mol. The van der Waals surface area contributed by atoms with Gasteiger partial charge in [0.25, 0.3) is 0 Å². The zero-order chi connectivity index (χ0) is 17.8. The third-order valence-corrected chi connectivity index (χ3v) is 4.50. The third kappa shape index (κ3) is 4.93. The molecule has 130 valence electrons. The maximum absolute atomic E-state index is 10.3. The van der Waals surface area contributed by atoms with Crippen LogP contribution in [-0.2, 0) is 24.0 Å². The molecule has 0 saturated heterocycles. The van der Waals surface area contributed by atoms with Crippen LogP contribution < -0.4 is 0 Å². The van der Waals surface area contributed by atoms with E-state index in [0.717, 1.165) is 36.8 Å². The van der Waals surface area contributed by atoms with E-state index < -0.39 is 11.2 Å². The van der Waals surface area contributed by atoms with Crippen molar-refractivity contribution in [3.05, 3.63) is 70.8 Å². The maximum atomic E-state index is 10.3. The van der Waals surface area contributed by atoms with Gasteiger partial charge in [-0.3, -0.25) is 0 Å². The second kappa shape index (κ2) is 7.50. The average molecular weight is 326 g/mol. The van der Waals surface area contributed by atoms with Gasteiger partial charge in [-0.05, 0) is 75.6 Å². The lowest BCUT2D eigenvalue weighted by atomic mass is 9.89. The molecule has 0 aliphatic carbocycles. The summed E-state index contributed by atoms with van der Waals surface area (Å²) >= 11 is 0. The van der Waals surface area contributed by atoms with E-state index in [1.54, 1.807) is 0 Å². The summed E-state index contributed by atoms with van der Waals surface area (Å²) in [7, 11) is 0. The van der Waals surface area contributed by atoms with Gasteiger partial charge in [-0.25, -0.2) is 0 Å². The summed E-state index contributed by atoms with van der Waals surface area (Å²) in [6, 6.07) is 16.3. The summed E-state index contributed by atoms with van der Waals surface area (Å²) in [6.07, 6.45) is 4.05. The normalized spacial score (nSPS) is 12.4. The molecule has 2 N–H and O–H groups in total. The van der Waals surface area contributed by atoms with Crippen LogP contribution in [0.5, 0.6) is 0 Å². The first kappa shape index (κ1) is 18.7. The molecule has 0 atom stereocenters. The maximum Gasteiger partial charge on any atom is 0.0843 e. The Balaban J connectivity index is 1.98. The minimum atomic E-state index is -0.801. The number of benzene rings is 2. The smallest absolute Gasteiger partial charge is 0.0843 e. The lowest BCUT2D eigenvalue weighted by Gasteiger charge is -2.22. The highest BCUT2D eigenvalue weighted by Gasteiger charge is 2.20. The molecule has 2 aromatic rings. The first-order valence-electron chi connectivity index (χ1n) is 8.81. The molecule has 0 heterocycles. The van der Waals surface area contributed by atoms with Gasteiger partial charge in [0, 0.05) is 0 Å². The Labute approximate surface area is 146 Å². The first-order valence-corrected chi connectivity index (χ1v) is 8.81. The van der Waals surface area contributed by atoms with Crippen molar-refractivity contribution in [1.82, 2.24) is 0 Å². The molecule has 0 saturated carbocycles. The zero-order valence-corrected chi connectivity index (χ0v) is 15.3. The molecule has 2 rings (SSSR count).